The number of hydrogen-bond acceptors (Lipinski definition) is 5. The van der Waals surface area contributed by atoms with E-state index in [-0.39, 0.29) is 11.9 Å². The van der Waals surface area contributed by atoms with E-state index in [4.69, 9.17) is 0 Å². The van der Waals surface area contributed by atoms with Gasteiger partial charge in [0.05, 0.1) is 5.00 Å². The molecule has 2 aromatic rings. The lowest BCUT2D eigenvalue weighted by Gasteiger charge is -2.49. The molecule has 4 aliphatic heterocycles. The first kappa shape index (κ1) is 16.5. The first-order valence-corrected chi connectivity index (χ1v) is 10.7. The maximum atomic E-state index is 12.8. The molecule has 6 rings (SSSR count). The maximum absolute atomic E-state index is 12.8. The number of fused-ring (bicyclic) bond motifs is 4. The van der Waals surface area contributed by atoms with Crippen molar-refractivity contribution in [2.24, 2.45) is 5.92 Å². The van der Waals surface area contributed by atoms with Gasteiger partial charge in [-0.15, -0.1) is 11.3 Å². The van der Waals surface area contributed by atoms with Crippen LogP contribution in [0.2, 0.25) is 0 Å². The van der Waals surface area contributed by atoms with E-state index in [1.165, 1.54) is 43.8 Å². The average Bonchev–Trinajstić information content (AvgIpc) is 3.33. The molecule has 2 bridgehead atoms. The van der Waals surface area contributed by atoms with Gasteiger partial charge in [-0.05, 0) is 63.7 Å². The molecule has 0 spiro atoms. The monoisotopic (exact) mass is 370 g/mol. The number of amides is 1. The van der Waals surface area contributed by atoms with Crippen LogP contribution in [0.25, 0.3) is 10.1 Å². The summed E-state index contributed by atoms with van der Waals surface area (Å²) in [7, 11) is 0. The van der Waals surface area contributed by atoms with Crippen molar-refractivity contribution in [2.45, 2.75) is 44.7 Å². The Balaban J connectivity index is 1.35. The van der Waals surface area contributed by atoms with Crippen LogP contribution in [0.5, 0.6) is 0 Å². The van der Waals surface area contributed by atoms with Crippen molar-refractivity contribution < 1.29 is 4.79 Å². The summed E-state index contributed by atoms with van der Waals surface area (Å²) in [6, 6.07) is 4.88. The molecule has 0 aromatic carbocycles. The number of pyridine rings is 1. The second-order valence-electron chi connectivity index (χ2n) is 8.00. The molecule has 0 radical (unpaired) electrons. The van der Waals surface area contributed by atoms with Crippen LogP contribution in [-0.2, 0) is 0 Å². The molecular formula is C20H26N4OS. The fourth-order valence-corrected chi connectivity index (χ4v) is 6.03. The molecule has 26 heavy (non-hydrogen) atoms. The van der Waals surface area contributed by atoms with E-state index in [1.807, 2.05) is 12.3 Å². The highest BCUT2D eigenvalue weighted by atomic mass is 32.1. The van der Waals surface area contributed by atoms with Gasteiger partial charge < -0.3 is 10.2 Å². The summed E-state index contributed by atoms with van der Waals surface area (Å²) < 4.78 is 1.16. The minimum Gasteiger partial charge on any atom is -0.363 e. The molecule has 0 saturated carbocycles. The van der Waals surface area contributed by atoms with Crippen LogP contribution in [0, 0.1) is 5.92 Å². The Morgan fingerprint density at radius 3 is 2.69 bits per heavy atom. The minimum atomic E-state index is -0.0198. The molecule has 2 atom stereocenters. The number of piperidine rings is 3. The summed E-state index contributed by atoms with van der Waals surface area (Å²) in [5.41, 5.74) is 0.552. The van der Waals surface area contributed by atoms with Crippen molar-refractivity contribution in [3.05, 3.63) is 24.0 Å². The van der Waals surface area contributed by atoms with Gasteiger partial charge in [-0.1, -0.05) is 0 Å². The molecule has 1 N–H and O–H groups in total. The Morgan fingerprint density at radius 1 is 1.19 bits per heavy atom. The van der Waals surface area contributed by atoms with Gasteiger partial charge in [0.15, 0.2) is 0 Å². The van der Waals surface area contributed by atoms with Crippen molar-refractivity contribution in [1.29, 1.82) is 0 Å². The van der Waals surface area contributed by atoms with Gasteiger partial charge in [-0.25, -0.2) is 0 Å². The molecule has 138 valence electrons. The SMILES string of the molecule is C[C@H]1[C@H](NC(=O)c2cc3sc(N4CCCC4)cc3cn2)C2CCN1CC2. The number of carbonyl (C=O) groups is 1. The zero-order valence-corrected chi connectivity index (χ0v) is 16.1. The Hall–Kier alpha value is -1.66. The number of hydrogen-bond donors (Lipinski definition) is 1. The van der Waals surface area contributed by atoms with Crippen LogP contribution in [0.1, 0.15) is 43.1 Å². The van der Waals surface area contributed by atoms with Crippen LogP contribution >= 0.6 is 11.3 Å². The van der Waals surface area contributed by atoms with Crippen LogP contribution in [0.3, 0.4) is 0 Å². The quantitative estimate of drug-likeness (QED) is 0.902. The van der Waals surface area contributed by atoms with Gasteiger partial charge in [0, 0.05) is 41.5 Å². The molecule has 0 unspecified atom stereocenters. The Labute approximate surface area is 158 Å². The van der Waals surface area contributed by atoms with Crippen molar-refractivity contribution >= 4 is 32.3 Å². The van der Waals surface area contributed by atoms with Gasteiger partial charge >= 0.3 is 0 Å². The maximum Gasteiger partial charge on any atom is 0.270 e. The Morgan fingerprint density at radius 2 is 1.96 bits per heavy atom. The fourth-order valence-electron chi connectivity index (χ4n) is 4.91. The summed E-state index contributed by atoms with van der Waals surface area (Å²) in [6.45, 7) is 6.89. The Kier molecular flexibility index (Phi) is 4.13. The van der Waals surface area contributed by atoms with Crippen molar-refractivity contribution in [3.63, 3.8) is 0 Å². The summed E-state index contributed by atoms with van der Waals surface area (Å²) in [5.74, 6) is 0.597. The van der Waals surface area contributed by atoms with Gasteiger partial charge in [-0.2, -0.15) is 0 Å². The molecule has 2 aromatic heterocycles. The third-order valence-corrected chi connectivity index (χ3v) is 7.67. The highest BCUT2D eigenvalue weighted by Crippen LogP contribution is 2.35. The molecule has 5 nitrogen and oxygen atoms in total. The average molecular weight is 371 g/mol. The number of thiophene rings is 1. The van der Waals surface area contributed by atoms with Gasteiger partial charge in [0.1, 0.15) is 5.69 Å². The van der Waals surface area contributed by atoms with E-state index in [0.717, 1.165) is 23.2 Å². The predicted octanol–water partition coefficient (Wildman–Crippen LogP) is 3.11. The van der Waals surface area contributed by atoms with Gasteiger partial charge in [0.2, 0.25) is 0 Å². The molecule has 4 aliphatic rings. The normalized spacial score (nSPS) is 30.9. The van der Waals surface area contributed by atoms with Gasteiger partial charge in [-0.3, -0.25) is 14.7 Å². The van der Waals surface area contributed by atoms with Crippen LogP contribution in [0.15, 0.2) is 18.3 Å². The summed E-state index contributed by atoms with van der Waals surface area (Å²) in [5, 5.41) is 5.75. The first-order chi connectivity index (χ1) is 12.7. The van der Waals surface area contributed by atoms with E-state index in [1.54, 1.807) is 11.3 Å². The third kappa shape index (κ3) is 2.79. The van der Waals surface area contributed by atoms with Crippen LogP contribution in [-0.4, -0.2) is 54.1 Å². The standard InChI is InChI=1S/C20H26N4OS/c1-13-19(14-4-8-23(13)9-5-14)22-20(25)16-11-17-15(12-21-16)10-18(26-17)24-6-2-3-7-24/h10-14,19H,2-9H2,1H3,(H,22,25)/t13-,19-/m0/s1. The molecule has 6 heterocycles. The van der Waals surface area contributed by atoms with E-state index < -0.39 is 0 Å². The molecule has 1 amide bonds. The van der Waals surface area contributed by atoms with E-state index >= 15 is 0 Å². The highest BCUT2D eigenvalue weighted by molar-refractivity contribution is 7.22. The summed E-state index contributed by atoms with van der Waals surface area (Å²) in [4.78, 5) is 22.3. The minimum absolute atomic E-state index is 0.0198. The number of nitrogens with zero attached hydrogens (tertiary/aromatic N) is 3. The second-order valence-corrected chi connectivity index (χ2v) is 9.06. The number of carbonyl (C=O) groups excluding carboxylic acids is 1. The van der Waals surface area contributed by atoms with Crippen LogP contribution < -0.4 is 10.2 Å². The van der Waals surface area contributed by atoms with E-state index in [2.05, 4.69) is 33.1 Å². The van der Waals surface area contributed by atoms with Gasteiger partial charge in [0.25, 0.3) is 5.91 Å². The zero-order valence-electron chi connectivity index (χ0n) is 15.3. The van der Waals surface area contributed by atoms with E-state index in [0.29, 0.717) is 17.7 Å². The molecule has 4 fully saturated rings. The molecular weight excluding hydrogens is 344 g/mol. The number of anilines is 1. The van der Waals surface area contributed by atoms with Crippen molar-refractivity contribution in [3.8, 4) is 0 Å². The third-order valence-electron chi connectivity index (χ3n) is 6.51. The van der Waals surface area contributed by atoms with Crippen LogP contribution in [0.4, 0.5) is 5.00 Å². The second kappa shape index (κ2) is 6.50. The largest absolute Gasteiger partial charge is 0.363 e. The summed E-state index contributed by atoms with van der Waals surface area (Å²) >= 11 is 1.78. The molecule has 4 saturated heterocycles. The lowest BCUT2D eigenvalue weighted by atomic mass is 9.79. The number of nitrogens with one attached hydrogen (secondary N) is 1. The zero-order chi connectivity index (χ0) is 17.7. The first-order valence-electron chi connectivity index (χ1n) is 9.88. The lowest BCUT2D eigenvalue weighted by molar-refractivity contribution is 0.0216. The molecule has 0 aliphatic carbocycles. The fraction of sp³-hybridized carbons (Fsp3) is 0.600. The van der Waals surface area contributed by atoms with Crippen molar-refractivity contribution in [1.82, 2.24) is 15.2 Å². The number of rotatable bonds is 3. The topological polar surface area (TPSA) is 48.5 Å². The Bertz CT molecular complexity index is 818. The highest BCUT2D eigenvalue weighted by Gasteiger charge is 2.40. The van der Waals surface area contributed by atoms with E-state index in [9.17, 15) is 4.79 Å². The lowest BCUT2D eigenvalue weighted by Crippen LogP contribution is -2.62. The summed E-state index contributed by atoms with van der Waals surface area (Å²) in [6.07, 6.45) is 6.81. The predicted molar refractivity (Wildman–Crippen MR) is 106 cm³/mol. The number of aromatic nitrogens is 1. The smallest absolute Gasteiger partial charge is 0.270 e. The molecule has 6 heteroatoms. The van der Waals surface area contributed by atoms with Crippen molar-refractivity contribution in [2.75, 3.05) is 31.1 Å².